The van der Waals surface area contributed by atoms with Gasteiger partial charge in [-0.25, -0.2) is 5.48 Å². The second kappa shape index (κ2) is 7.90. The van der Waals surface area contributed by atoms with Crippen LogP contribution in [0.2, 0.25) is 0 Å². The maximum Gasteiger partial charge on any atom is 0.267 e. The van der Waals surface area contributed by atoms with Gasteiger partial charge < -0.3 is 0 Å². The number of aromatic nitrogens is 2. The summed E-state index contributed by atoms with van der Waals surface area (Å²) in [5, 5.41) is 12.7. The SMILES string of the molecule is O=C(/C=C/c1ccc([C@@H]2CCCN2CCn2cccn2)cc1)NO. The molecule has 1 amide bonds. The van der Waals surface area contributed by atoms with E-state index in [0.717, 1.165) is 25.2 Å². The van der Waals surface area contributed by atoms with Crippen LogP contribution in [0, 0.1) is 0 Å². The Morgan fingerprint density at radius 3 is 2.88 bits per heavy atom. The Morgan fingerprint density at radius 2 is 2.17 bits per heavy atom. The summed E-state index contributed by atoms with van der Waals surface area (Å²) < 4.78 is 1.97. The largest absolute Gasteiger partial charge is 0.294 e. The molecule has 0 spiro atoms. The lowest BCUT2D eigenvalue weighted by Crippen LogP contribution is -2.27. The van der Waals surface area contributed by atoms with Gasteiger partial charge in [0, 0.05) is 31.1 Å². The Hall–Kier alpha value is -2.44. The zero-order valence-electron chi connectivity index (χ0n) is 13.5. The van der Waals surface area contributed by atoms with Gasteiger partial charge in [-0.2, -0.15) is 5.10 Å². The fourth-order valence-corrected chi connectivity index (χ4v) is 3.17. The average Bonchev–Trinajstić information content (AvgIpc) is 3.29. The second-order valence-electron chi connectivity index (χ2n) is 5.94. The van der Waals surface area contributed by atoms with Gasteiger partial charge in [0.05, 0.1) is 6.54 Å². The minimum Gasteiger partial charge on any atom is -0.294 e. The number of likely N-dealkylation sites (tertiary alicyclic amines) is 1. The van der Waals surface area contributed by atoms with Gasteiger partial charge in [0.15, 0.2) is 0 Å². The third kappa shape index (κ3) is 4.10. The molecule has 24 heavy (non-hydrogen) atoms. The number of carbonyl (C=O) groups excluding carboxylic acids is 1. The molecule has 1 aromatic heterocycles. The van der Waals surface area contributed by atoms with Crippen molar-refractivity contribution in [2.45, 2.75) is 25.4 Å². The van der Waals surface area contributed by atoms with E-state index in [-0.39, 0.29) is 0 Å². The molecule has 6 nitrogen and oxygen atoms in total. The molecular weight excluding hydrogens is 304 g/mol. The first-order valence-electron chi connectivity index (χ1n) is 8.20. The summed E-state index contributed by atoms with van der Waals surface area (Å²) >= 11 is 0. The summed E-state index contributed by atoms with van der Waals surface area (Å²) in [4.78, 5) is 13.5. The molecule has 2 aromatic rings. The van der Waals surface area contributed by atoms with Crippen molar-refractivity contribution in [3.8, 4) is 0 Å². The highest BCUT2D eigenvalue weighted by Crippen LogP contribution is 2.31. The Kier molecular flexibility index (Phi) is 5.40. The summed E-state index contributed by atoms with van der Waals surface area (Å²) in [7, 11) is 0. The Labute approximate surface area is 141 Å². The Morgan fingerprint density at radius 1 is 1.33 bits per heavy atom. The van der Waals surface area contributed by atoms with E-state index in [1.54, 1.807) is 11.6 Å². The number of amides is 1. The molecule has 6 heteroatoms. The highest BCUT2D eigenvalue weighted by Gasteiger charge is 2.25. The van der Waals surface area contributed by atoms with Crippen molar-refractivity contribution in [1.82, 2.24) is 20.2 Å². The fraction of sp³-hybridized carbons (Fsp3) is 0.333. The standard InChI is InChI=1S/C18H22N4O2/c23-18(20-24)9-6-15-4-7-16(8-5-15)17-3-1-11-21(17)13-14-22-12-2-10-19-22/h2,4-10,12,17,24H,1,3,11,13-14H2,(H,20,23)/b9-6+/t17-/m0/s1. The van der Waals surface area contributed by atoms with Crippen molar-refractivity contribution in [3.63, 3.8) is 0 Å². The van der Waals surface area contributed by atoms with Crippen molar-refractivity contribution in [2.24, 2.45) is 0 Å². The van der Waals surface area contributed by atoms with E-state index in [9.17, 15) is 4.79 Å². The average molecular weight is 326 g/mol. The Bertz CT molecular complexity index is 680. The van der Waals surface area contributed by atoms with E-state index < -0.39 is 5.91 Å². The molecule has 2 N–H and O–H groups in total. The normalized spacial score (nSPS) is 18.3. The van der Waals surface area contributed by atoms with Gasteiger partial charge in [-0.05, 0) is 42.7 Å². The van der Waals surface area contributed by atoms with Gasteiger partial charge in [-0.3, -0.25) is 19.6 Å². The van der Waals surface area contributed by atoms with Gasteiger partial charge in [-0.1, -0.05) is 24.3 Å². The van der Waals surface area contributed by atoms with Gasteiger partial charge in [0.1, 0.15) is 0 Å². The van der Waals surface area contributed by atoms with Crippen LogP contribution in [-0.2, 0) is 11.3 Å². The van der Waals surface area contributed by atoms with Crippen LogP contribution in [0.4, 0.5) is 0 Å². The number of rotatable bonds is 6. The van der Waals surface area contributed by atoms with E-state index >= 15 is 0 Å². The first kappa shape index (κ1) is 16.4. The first-order chi connectivity index (χ1) is 11.8. The molecule has 0 aliphatic carbocycles. The number of hydrogen-bond acceptors (Lipinski definition) is 4. The third-order valence-corrected chi connectivity index (χ3v) is 4.40. The smallest absolute Gasteiger partial charge is 0.267 e. The molecule has 3 rings (SSSR count). The molecule has 0 radical (unpaired) electrons. The van der Waals surface area contributed by atoms with Crippen molar-refractivity contribution in [2.75, 3.05) is 13.1 Å². The summed E-state index contributed by atoms with van der Waals surface area (Å²) in [5.74, 6) is -0.528. The topological polar surface area (TPSA) is 70.4 Å². The fourth-order valence-electron chi connectivity index (χ4n) is 3.17. The predicted octanol–water partition coefficient (Wildman–Crippen LogP) is 2.24. The van der Waals surface area contributed by atoms with Crippen molar-refractivity contribution >= 4 is 12.0 Å². The van der Waals surface area contributed by atoms with Gasteiger partial charge in [0.25, 0.3) is 5.91 Å². The van der Waals surface area contributed by atoms with Crippen LogP contribution in [0.1, 0.15) is 30.0 Å². The lowest BCUT2D eigenvalue weighted by Gasteiger charge is -2.24. The molecule has 1 aliphatic rings. The number of carbonyl (C=O) groups is 1. The van der Waals surface area contributed by atoms with Crippen molar-refractivity contribution in [1.29, 1.82) is 0 Å². The number of benzene rings is 1. The van der Waals surface area contributed by atoms with Gasteiger partial charge >= 0.3 is 0 Å². The third-order valence-electron chi connectivity index (χ3n) is 4.40. The molecule has 1 fully saturated rings. The molecular formula is C18H22N4O2. The number of nitrogens with zero attached hydrogens (tertiary/aromatic N) is 3. The minimum absolute atomic E-state index is 0.444. The molecule has 0 bridgehead atoms. The molecule has 1 saturated heterocycles. The quantitative estimate of drug-likeness (QED) is 0.485. The number of nitrogens with one attached hydrogen (secondary N) is 1. The maximum absolute atomic E-state index is 11.0. The summed E-state index contributed by atoms with van der Waals surface area (Å²) in [6.07, 6.45) is 9.17. The predicted molar refractivity (Wildman–Crippen MR) is 91.2 cm³/mol. The van der Waals surface area contributed by atoms with Crippen LogP contribution in [0.3, 0.4) is 0 Å². The van der Waals surface area contributed by atoms with Crippen molar-refractivity contribution in [3.05, 3.63) is 59.9 Å². The summed E-state index contributed by atoms with van der Waals surface area (Å²) in [5.41, 5.74) is 3.82. The van der Waals surface area contributed by atoms with E-state index in [0.29, 0.717) is 6.04 Å². The van der Waals surface area contributed by atoms with Crippen molar-refractivity contribution < 1.29 is 10.0 Å². The minimum atomic E-state index is -0.528. The van der Waals surface area contributed by atoms with Crippen LogP contribution in [0.25, 0.3) is 6.08 Å². The summed E-state index contributed by atoms with van der Waals surface area (Å²) in [6.45, 7) is 3.01. The lowest BCUT2D eigenvalue weighted by molar-refractivity contribution is -0.124. The summed E-state index contributed by atoms with van der Waals surface area (Å²) in [6, 6.07) is 10.6. The van der Waals surface area contributed by atoms with E-state index in [2.05, 4.69) is 22.1 Å². The highest BCUT2D eigenvalue weighted by molar-refractivity contribution is 5.90. The van der Waals surface area contributed by atoms with Gasteiger partial charge in [-0.15, -0.1) is 0 Å². The second-order valence-corrected chi connectivity index (χ2v) is 5.94. The number of hydroxylamine groups is 1. The van der Waals surface area contributed by atoms with Crippen LogP contribution in [0.15, 0.2) is 48.8 Å². The molecule has 0 saturated carbocycles. The molecule has 1 aromatic carbocycles. The lowest BCUT2D eigenvalue weighted by atomic mass is 10.0. The van der Waals surface area contributed by atoms with Crippen LogP contribution in [0.5, 0.6) is 0 Å². The zero-order chi connectivity index (χ0) is 16.8. The monoisotopic (exact) mass is 326 g/mol. The highest BCUT2D eigenvalue weighted by atomic mass is 16.5. The molecule has 1 atom stereocenters. The van der Waals surface area contributed by atoms with Crippen LogP contribution >= 0.6 is 0 Å². The molecule has 126 valence electrons. The van der Waals surface area contributed by atoms with E-state index in [4.69, 9.17) is 5.21 Å². The molecule has 1 aliphatic heterocycles. The zero-order valence-corrected chi connectivity index (χ0v) is 13.5. The van der Waals surface area contributed by atoms with Crippen LogP contribution in [-0.4, -0.2) is 38.9 Å². The number of hydrogen-bond donors (Lipinski definition) is 2. The Balaban J connectivity index is 1.62. The maximum atomic E-state index is 11.0. The molecule has 0 unspecified atom stereocenters. The van der Waals surface area contributed by atoms with E-state index in [1.807, 2.05) is 35.3 Å². The van der Waals surface area contributed by atoms with Gasteiger partial charge in [0.2, 0.25) is 0 Å². The van der Waals surface area contributed by atoms with E-state index in [1.165, 1.54) is 24.5 Å². The van der Waals surface area contributed by atoms with Crippen LogP contribution < -0.4 is 5.48 Å². The molecule has 2 heterocycles. The first-order valence-corrected chi connectivity index (χ1v) is 8.20.